The number of nitrogens with two attached hydrogens (primary N) is 1. The van der Waals surface area contributed by atoms with Gasteiger partial charge in [0.15, 0.2) is 5.82 Å². The molecule has 0 saturated carbocycles. The van der Waals surface area contributed by atoms with E-state index in [9.17, 15) is 0 Å². The van der Waals surface area contributed by atoms with Gasteiger partial charge in [0.1, 0.15) is 5.75 Å². The molecule has 0 saturated heterocycles. The molecule has 0 bridgehead atoms. The van der Waals surface area contributed by atoms with Crippen molar-refractivity contribution in [1.29, 1.82) is 0 Å². The Kier molecular flexibility index (Phi) is 3.72. The van der Waals surface area contributed by atoms with Crippen LogP contribution in [0, 0.1) is 0 Å². The SMILES string of the molecule is COc1ccc(N(C)c2ncc(Br)cc2N)cc1. The van der Waals surface area contributed by atoms with Gasteiger partial charge < -0.3 is 15.4 Å². The second kappa shape index (κ2) is 5.27. The molecular formula is C13H14BrN3O. The summed E-state index contributed by atoms with van der Waals surface area (Å²) in [5.74, 6) is 1.55. The molecule has 0 unspecified atom stereocenters. The van der Waals surface area contributed by atoms with Gasteiger partial charge in [0.05, 0.1) is 12.8 Å². The van der Waals surface area contributed by atoms with Gasteiger partial charge in [0, 0.05) is 23.4 Å². The number of methoxy groups -OCH3 is 1. The fourth-order valence-electron chi connectivity index (χ4n) is 1.66. The highest BCUT2D eigenvalue weighted by Crippen LogP contribution is 2.29. The highest BCUT2D eigenvalue weighted by Gasteiger charge is 2.09. The van der Waals surface area contributed by atoms with Crippen LogP contribution in [0.5, 0.6) is 5.75 Å². The Labute approximate surface area is 115 Å². The fourth-order valence-corrected chi connectivity index (χ4v) is 2.01. The molecular weight excluding hydrogens is 294 g/mol. The van der Waals surface area contributed by atoms with E-state index < -0.39 is 0 Å². The van der Waals surface area contributed by atoms with Crippen molar-refractivity contribution in [3.05, 3.63) is 41.0 Å². The maximum absolute atomic E-state index is 5.96. The first-order valence-electron chi connectivity index (χ1n) is 5.40. The Morgan fingerprint density at radius 2 is 1.94 bits per heavy atom. The number of ether oxygens (including phenoxy) is 1. The molecule has 0 amide bonds. The number of anilines is 3. The van der Waals surface area contributed by atoms with E-state index >= 15 is 0 Å². The smallest absolute Gasteiger partial charge is 0.156 e. The van der Waals surface area contributed by atoms with Crippen LogP contribution in [0.1, 0.15) is 0 Å². The summed E-state index contributed by atoms with van der Waals surface area (Å²) in [6, 6.07) is 9.56. The standard InChI is InChI=1S/C13H14BrN3O/c1-17(10-3-5-11(18-2)6-4-10)13-12(15)7-9(14)8-16-13/h3-8H,15H2,1-2H3. The molecule has 0 atom stereocenters. The van der Waals surface area contributed by atoms with Crippen LogP contribution in [0.4, 0.5) is 17.2 Å². The van der Waals surface area contributed by atoms with Gasteiger partial charge in [-0.2, -0.15) is 0 Å². The summed E-state index contributed by atoms with van der Waals surface area (Å²) < 4.78 is 6.00. The second-order valence-corrected chi connectivity index (χ2v) is 4.74. The van der Waals surface area contributed by atoms with Crippen molar-refractivity contribution in [2.45, 2.75) is 0 Å². The summed E-state index contributed by atoms with van der Waals surface area (Å²) in [5.41, 5.74) is 7.58. The molecule has 2 aromatic rings. The zero-order chi connectivity index (χ0) is 13.1. The Morgan fingerprint density at radius 3 is 2.50 bits per heavy atom. The van der Waals surface area contributed by atoms with Crippen molar-refractivity contribution in [2.24, 2.45) is 0 Å². The molecule has 1 aromatic carbocycles. The van der Waals surface area contributed by atoms with Gasteiger partial charge in [-0.3, -0.25) is 0 Å². The van der Waals surface area contributed by atoms with Crippen LogP contribution in [0.15, 0.2) is 41.0 Å². The van der Waals surface area contributed by atoms with Crippen LogP contribution in [-0.4, -0.2) is 19.1 Å². The first-order valence-corrected chi connectivity index (χ1v) is 6.20. The van der Waals surface area contributed by atoms with E-state index in [2.05, 4.69) is 20.9 Å². The minimum atomic E-state index is 0.627. The van der Waals surface area contributed by atoms with E-state index in [0.717, 1.165) is 21.7 Å². The van der Waals surface area contributed by atoms with E-state index in [1.807, 2.05) is 42.3 Å². The zero-order valence-electron chi connectivity index (χ0n) is 10.2. The lowest BCUT2D eigenvalue weighted by molar-refractivity contribution is 0.415. The summed E-state index contributed by atoms with van der Waals surface area (Å²) in [6.07, 6.45) is 1.73. The summed E-state index contributed by atoms with van der Waals surface area (Å²) >= 11 is 3.34. The molecule has 0 aliphatic carbocycles. The molecule has 2 rings (SSSR count). The third-order valence-corrected chi connectivity index (χ3v) is 3.07. The predicted molar refractivity (Wildman–Crippen MR) is 77.4 cm³/mol. The molecule has 1 heterocycles. The van der Waals surface area contributed by atoms with Crippen LogP contribution in [0.3, 0.4) is 0 Å². The Balaban J connectivity index is 2.31. The maximum atomic E-state index is 5.96. The normalized spacial score (nSPS) is 10.2. The molecule has 0 radical (unpaired) electrons. The summed E-state index contributed by atoms with van der Waals surface area (Å²) in [7, 11) is 3.57. The number of hydrogen-bond acceptors (Lipinski definition) is 4. The van der Waals surface area contributed by atoms with Crippen LogP contribution >= 0.6 is 15.9 Å². The molecule has 4 nitrogen and oxygen atoms in total. The second-order valence-electron chi connectivity index (χ2n) is 3.82. The lowest BCUT2D eigenvalue weighted by Gasteiger charge is -2.20. The Hall–Kier alpha value is -1.75. The van der Waals surface area contributed by atoms with Gasteiger partial charge in [-0.05, 0) is 46.3 Å². The van der Waals surface area contributed by atoms with Crippen molar-refractivity contribution < 1.29 is 4.74 Å². The average Bonchev–Trinajstić information content (AvgIpc) is 2.38. The van der Waals surface area contributed by atoms with Crippen molar-refractivity contribution >= 4 is 33.1 Å². The largest absolute Gasteiger partial charge is 0.497 e. The third-order valence-electron chi connectivity index (χ3n) is 2.64. The minimum absolute atomic E-state index is 0.627. The summed E-state index contributed by atoms with van der Waals surface area (Å²) in [5, 5.41) is 0. The Morgan fingerprint density at radius 1 is 1.28 bits per heavy atom. The molecule has 5 heteroatoms. The number of nitrogens with zero attached hydrogens (tertiary/aromatic N) is 2. The van der Waals surface area contributed by atoms with Gasteiger partial charge in [-0.15, -0.1) is 0 Å². The maximum Gasteiger partial charge on any atom is 0.156 e. The lowest BCUT2D eigenvalue weighted by atomic mass is 10.2. The van der Waals surface area contributed by atoms with Crippen LogP contribution in [0.2, 0.25) is 0 Å². The minimum Gasteiger partial charge on any atom is -0.497 e. The molecule has 0 aliphatic heterocycles. The third kappa shape index (κ3) is 2.56. The summed E-state index contributed by atoms with van der Waals surface area (Å²) in [4.78, 5) is 6.25. The summed E-state index contributed by atoms with van der Waals surface area (Å²) in [6.45, 7) is 0. The quantitative estimate of drug-likeness (QED) is 0.946. The van der Waals surface area contributed by atoms with Gasteiger partial charge in [0.2, 0.25) is 0 Å². The van der Waals surface area contributed by atoms with Gasteiger partial charge >= 0.3 is 0 Å². The zero-order valence-corrected chi connectivity index (χ0v) is 11.8. The molecule has 1 aromatic heterocycles. The topological polar surface area (TPSA) is 51.4 Å². The highest BCUT2D eigenvalue weighted by molar-refractivity contribution is 9.10. The van der Waals surface area contributed by atoms with Gasteiger partial charge in [-0.25, -0.2) is 4.98 Å². The number of halogens is 1. The lowest BCUT2D eigenvalue weighted by Crippen LogP contribution is -2.13. The van der Waals surface area contributed by atoms with Crippen LogP contribution in [0.25, 0.3) is 0 Å². The van der Waals surface area contributed by atoms with Gasteiger partial charge in [0.25, 0.3) is 0 Å². The van der Waals surface area contributed by atoms with E-state index in [-0.39, 0.29) is 0 Å². The number of pyridine rings is 1. The first-order chi connectivity index (χ1) is 8.61. The number of aromatic nitrogens is 1. The van der Waals surface area contributed by atoms with Crippen molar-refractivity contribution in [2.75, 3.05) is 24.8 Å². The molecule has 18 heavy (non-hydrogen) atoms. The molecule has 0 fully saturated rings. The predicted octanol–water partition coefficient (Wildman–Crippen LogP) is 3.20. The van der Waals surface area contributed by atoms with Crippen molar-refractivity contribution in [3.8, 4) is 5.75 Å². The van der Waals surface area contributed by atoms with Crippen molar-refractivity contribution in [3.63, 3.8) is 0 Å². The first kappa shape index (κ1) is 12.7. The average molecular weight is 308 g/mol. The fraction of sp³-hybridized carbons (Fsp3) is 0.154. The van der Waals surface area contributed by atoms with Crippen LogP contribution in [-0.2, 0) is 0 Å². The molecule has 94 valence electrons. The molecule has 2 N–H and O–H groups in total. The number of benzene rings is 1. The van der Waals surface area contributed by atoms with E-state index in [4.69, 9.17) is 10.5 Å². The molecule has 0 spiro atoms. The van der Waals surface area contributed by atoms with Crippen LogP contribution < -0.4 is 15.4 Å². The van der Waals surface area contributed by atoms with E-state index in [1.54, 1.807) is 13.3 Å². The number of rotatable bonds is 3. The van der Waals surface area contributed by atoms with Gasteiger partial charge in [-0.1, -0.05) is 0 Å². The van der Waals surface area contributed by atoms with Crippen molar-refractivity contribution in [1.82, 2.24) is 4.98 Å². The Bertz CT molecular complexity index is 542. The number of nitrogen functional groups attached to an aromatic ring is 1. The van der Waals surface area contributed by atoms with E-state index in [0.29, 0.717) is 5.69 Å². The monoisotopic (exact) mass is 307 g/mol. The van der Waals surface area contributed by atoms with E-state index in [1.165, 1.54) is 0 Å². The molecule has 0 aliphatic rings. The highest BCUT2D eigenvalue weighted by atomic mass is 79.9. The number of hydrogen-bond donors (Lipinski definition) is 1.